The van der Waals surface area contributed by atoms with Crippen molar-refractivity contribution in [1.29, 1.82) is 0 Å². The molecule has 0 unspecified atom stereocenters. The van der Waals surface area contributed by atoms with E-state index in [1.165, 1.54) is 0 Å². The van der Waals surface area contributed by atoms with Gasteiger partial charge in [-0.05, 0) is 42.3 Å². The van der Waals surface area contributed by atoms with Gasteiger partial charge >= 0.3 is 6.03 Å². The smallest absolute Gasteiger partial charge is 0.315 e. The fourth-order valence-electron chi connectivity index (χ4n) is 1.72. The van der Waals surface area contributed by atoms with Crippen molar-refractivity contribution in [2.24, 2.45) is 0 Å². The Bertz CT molecular complexity index is 550. The van der Waals surface area contributed by atoms with Gasteiger partial charge in [-0.15, -0.1) is 0 Å². The zero-order chi connectivity index (χ0) is 14.4. The first kappa shape index (κ1) is 14.8. The van der Waals surface area contributed by atoms with Crippen LogP contribution in [0.2, 0.25) is 10.0 Å². The molecule has 0 aliphatic heterocycles. The number of amides is 2. The third kappa shape index (κ3) is 4.79. The van der Waals surface area contributed by atoms with Crippen molar-refractivity contribution in [2.75, 3.05) is 6.54 Å². The molecule has 2 aromatic rings. The molecule has 0 fully saturated rings. The highest BCUT2D eigenvalue weighted by Crippen LogP contribution is 2.19. The number of urea groups is 1. The molecule has 0 atom stereocenters. The number of halogens is 2. The Labute approximate surface area is 127 Å². The molecule has 1 aromatic carbocycles. The number of furan rings is 1. The zero-order valence-corrected chi connectivity index (χ0v) is 12.2. The average molecular weight is 313 g/mol. The van der Waals surface area contributed by atoms with Crippen LogP contribution in [0.15, 0.2) is 41.0 Å². The maximum absolute atomic E-state index is 11.5. The number of carbonyl (C=O) groups excluding carboxylic acids is 1. The molecule has 0 aliphatic rings. The number of hydrogen-bond donors (Lipinski definition) is 2. The van der Waals surface area contributed by atoms with Gasteiger partial charge in [0.25, 0.3) is 0 Å². The van der Waals surface area contributed by atoms with Crippen LogP contribution in [0.5, 0.6) is 0 Å². The van der Waals surface area contributed by atoms with Gasteiger partial charge in [0, 0.05) is 16.6 Å². The van der Waals surface area contributed by atoms with E-state index in [9.17, 15) is 4.79 Å². The lowest BCUT2D eigenvalue weighted by Gasteiger charge is -2.07. The summed E-state index contributed by atoms with van der Waals surface area (Å²) in [6.07, 6.45) is 2.23. The molecule has 0 spiro atoms. The molecule has 4 nitrogen and oxygen atoms in total. The standard InChI is InChI=1S/C14H14Cl2N2O2/c15-11-6-10(7-12(16)8-11)3-4-17-14(19)18-9-13-2-1-5-20-13/h1-2,5-8H,3-4,9H2,(H2,17,18,19). The van der Waals surface area contributed by atoms with Crippen LogP contribution in [-0.2, 0) is 13.0 Å². The molecule has 0 saturated carbocycles. The Morgan fingerprint density at radius 3 is 2.55 bits per heavy atom. The van der Waals surface area contributed by atoms with E-state index in [1.807, 2.05) is 12.1 Å². The Kier molecular flexibility index (Phi) is 5.32. The number of rotatable bonds is 5. The van der Waals surface area contributed by atoms with Crippen molar-refractivity contribution in [2.45, 2.75) is 13.0 Å². The molecule has 2 amide bonds. The van der Waals surface area contributed by atoms with Gasteiger partial charge in [0.05, 0.1) is 12.8 Å². The predicted octanol–water partition coefficient (Wildman–Crippen LogP) is 3.63. The molecule has 0 saturated heterocycles. The van der Waals surface area contributed by atoms with Crippen LogP contribution in [0.4, 0.5) is 4.79 Å². The van der Waals surface area contributed by atoms with E-state index in [0.717, 1.165) is 5.56 Å². The van der Waals surface area contributed by atoms with Gasteiger partial charge in [-0.3, -0.25) is 0 Å². The summed E-state index contributed by atoms with van der Waals surface area (Å²) in [5.74, 6) is 0.710. The monoisotopic (exact) mass is 312 g/mol. The molecule has 20 heavy (non-hydrogen) atoms. The Morgan fingerprint density at radius 1 is 1.15 bits per heavy atom. The van der Waals surface area contributed by atoms with Gasteiger partial charge in [-0.1, -0.05) is 23.2 Å². The summed E-state index contributed by atoms with van der Waals surface area (Å²) in [5, 5.41) is 6.64. The maximum Gasteiger partial charge on any atom is 0.315 e. The van der Waals surface area contributed by atoms with E-state index in [-0.39, 0.29) is 6.03 Å². The van der Waals surface area contributed by atoms with E-state index in [0.29, 0.717) is 35.3 Å². The van der Waals surface area contributed by atoms with Crippen LogP contribution in [0.1, 0.15) is 11.3 Å². The van der Waals surface area contributed by atoms with Crippen molar-refractivity contribution >= 4 is 29.2 Å². The summed E-state index contributed by atoms with van der Waals surface area (Å²) < 4.78 is 5.11. The highest BCUT2D eigenvalue weighted by Gasteiger charge is 2.03. The van der Waals surface area contributed by atoms with E-state index in [1.54, 1.807) is 24.5 Å². The first-order valence-corrected chi connectivity index (χ1v) is 6.88. The lowest BCUT2D eigenvalue weighted by molar-refractivity contribution is 0.239. The van der Waals surface area contributed by atoms with Gasteiger partial charge < -0.3 is 15.1 Å². The van der Waals surface area contributed by atoms with E-state index in [2.05, 4.69) is 10.6 Å². The van der Waals surface area contributed by atoms with E-state index < -0.39 is 0 Å². The topological polar surface area (TPSA) is 54.3 Å². The van der Waals surface area contributed by atoms with Crippen molar-refractivity contribution in [3.8, 4) is 0 Å². The van der Waals surface area contributed by atoms with Crippen LogP contribution < -0.4 is 10.6 Å². The molecule has 0 aliphatic carbocycles. The van der Waals surface area contributed by atoms with Crippen molar-refractivity contribution in [3.05, 3.63) is 58.0 Å². The van der Waals surface area contributed by atoms with Gasteiger partial charge in [-0.25, -0.2) is 4.79 Å². The Balaban J connectivity index is 1.71. The first-order chi connectivity index (χ1) is 9.63. The lowest BCUT2D eigenvalue weighted by atomic mass is 10.1. The third-order valence-electron chi connectivity index (χ3n) is 2.62. The minimum absolute atomic E-state index is 0.241. The van der Waals surface area contributed by atoms with Crippen LogP contribution >= 0.6 is 23.2 Å². The number of carbonyl (C=O) groups is 1. The SMILES string of the molecule is O=C(NCCc1cc(Cl)cc(Cl)c1)NCc1ccco1. The molecule has 2 rings (SSSR count). The Morgan fingerprint density at radius 2 is 1.90 bits per heavy atom. The fourth-order valence-corrected chi connectivity index (χ4v) is 2.29. The average Bonchev–Trinajstić information content (AvgIpc) is 2.88. The summed E-state index contributed by atoms with van der Waals surface area (Å²) >= 11 is 11.8. The molecular weight excluding hydrogens is 299 g/mol. The van der Waals surface area contributed by atoms with Gasteiger partial charge in [-0.2, -0.15) is 0 Å². The molecule has 2 N–H and O–H groups in total. The van der Waals surface area contributed by atoms with Crippen molar-refractivity contribution < 1.29 is 9.21 Å². The number of hydrogen-bond acceptors (Lipinski definition) is 2. The zero-order valence-electron chi connectivity index (χ0n) is 10.7. The van der Waals surface area contributed by atoms with Crippen LogP contribution in [-0.4, -0.2) is 12.6 Å². The second-order valence-electron chi connectivity index (χ2n) is 4.22. The van der Waals surface area contributed by atoms with Crippen LogP contribution in [0, 0.1) is 0 Å². The summed E-state index contributed by atoms with van der Waals surface area (Å²) in [5.41, 5.74) is 0.980. The predicted molar refractivity (Wildman–Crippen MR) is 79.1 cm³/mol. The highest BCUT2D eigenvalue weighted by molar-refractivity contribution is 6.34. The summed E-state index contributed by atoms with van der Waals surface area (Å²) in [4.78, 5) is 11.5. The van der Waals surface area contributed by atoms with E-state index in [4.69, 9.17) is 27.6 Å². The minimum atomic E-state index is -0.241. The summed E-state index contributed by atoms with van der Waals surface area (Å²) in [7, 11) is 0. The molecule has 1 aromatic heterocycles. The molecule has 106 valence electrons. The Hall–Kier alpha value is -1.65. The molecular formula is C14H14Cl2N2O2. The quantitative estimate of drug-likeness (QED) is 0.885. The number of benzene rings is 1. The molecule has 6 heteroatoms. The normalized spacial score (nSPS) is 10.3. The van der Waals surface area contributed by atoms with E-state index >= 15 is 0 Å². The number of nitrogens with one attached hydrogen (secondary N) is 2. The minimum Gasteiger partial charge on any atom is -0.467 e. The lowest BCUT2D eigenvalue weighted by Crippen LogP contribution is -2.36. The third-order valence-corrected chi connectivity index (χ3v) is 3.06. The van der Waals surface area contributed by atoms with Gasteiger partial charge in [0.15, 0.2) is 0 Å². The van der Waals surface area contributed by atoms with Crippen molar-refractivity contribution in [1.82, 2.24) is 10.6 Å². The maximum atomic E-state index is 11.5. The largest absolute Gasteiger partial charge is 0.467 e. The fraction of sp³-hybridized carbons (Fsp3) is 0.214. The highest BCUT2D eigenvalue weighted by atomic mass is 35.5. The molecule has 0 bridgehead atoms. The first-order valence-electron chi connectivity index (χ1n) is 6.12. The molecule has 1 heterocycles. The second-order valence-corrected chi connectivity index (χ2v) is 5.09. The second kappa shape index (κ2) is 7.22. The van der Waals surface area contributed by atoms with Gasteiger partial charge in [0.1, 0.15) is 5.76 Å². The summed E-state index contributed by atoms with van der Waals surface area (Å²) in [6, 6.07) is 8.67. The van der Waals surface area contributed by atoms with Crippen molar-refractivity contribution in [3.63, 3.8) is 0 Å². The van der Waals surface area contributed by atoms with Gasteiger partial charge in [0.2, 0.25) is 0 Å². The molecule has 0 radical (unpaired) electrons. The van der Waals surface area contributed by atoms with Crippen LogP contribution in [0.3, 0.4) is 0 Å². The van der Waals surface area contributed by atoms with Crippen LogP contribution in [0.25, 0.3) is 0 Å². The summed E-state index contributed by atoms with van der Waals surface area (Å²) in [6.45, 7) is 0.864.